The first kappa shape index (κ1) is 22.1. The van der Waals surface area contributed by atoms with Crippen molar-refractivity contribution in [2.45, 2.75) is 38.3 Å². The van der Waals surface area contributed by atoms with Gasteiger partial charge in [0.1, 0.15) is 5.82 Å². The molecule has 2 aliphatic rings. The maximum Gasteiger partial charge on any atom is 0.261 e. The molecular formula is C21H26Cl2N4OS. The lowest BCUT2D eigenvalue weighted by Crippen LogP contribution is -2.45. The van der Waals surface area contributed by atoms with Crippen LogP contribution in [-0.2, 0) is 13.0 Å². The molecule has 0 radical (unpaired) electrons. The van der Waals surface area contributed by atoms with E-state index in [9.17, 15) is 4.79 Å². The smallest absolute Gasteiger partial charge is 0.261 e. The first-order valence-electron chi connectivity index (χ1n) is 9.70. The number of nitrogens with one attached hydrogen (secondary N) is 1. The summed E-state index contributed by atoms with van der Waals surface area (Å²) in [6.45, 7) is 4.99. The van der Waals surface area contributed by atoms with Crippen LogP contribution >= 0.6 is 36.2 Å². The number of thiophene rings is 1. The van der Waals surface area contributed by atoms with Crippen molar-refractivity contribution in [3.05, 3.63) is 63.0 Å². The van der Waals surface area contributed by atoms with Gasteiger partial charge in [-0.25, -0.2) is 4.98 Å². The highest BCUT2D eigenvalue weighted by atomic mass is 35.5. The zero-order valence-corrected chi connectivity index (χ0v) is 18.7. The lowest BCUT2D eigenvalue weighted by atomic mass is 9.84. The van der Waals surface area contributed by atoms with Crippen LogP contribution in [0, 0.1) is 5.92 Å². The molecule has 2 bridgehead atoms. The second-order valence-electron chi connectivity index (χ2n) is 7.84. The minimum Gasteiger partial charge on any atom is -0.328 e. The molecule has 8 heteroatoms. The van der Waals surface area contributed by atoms with E-state index in [4.69, 9.17) is 0 Å². The average Bonchev–Trinajstić information content (AvgIpc) is 3.35. The number of halogens is 2. The van der Waals surface area contributed by atoms with Gasteiger partial charge in [-0.3, -0.25) is 4.79 Å². The highest BCUT2D eigenvalue weighted by molar-refractivity contribution is 7.09. The number of fused-ring (bicyclic) bond motifs is 4. The van der Waals surface area contributed by atoms with Crippen molar-refractivity contribution in [2.75, 3.05) is 13.1 Å². The molecule has 2 aliphatic heterocycles. The van der Waals surface area contributed by atoms with Gasteiger partial charge in [-0.15, -0.1) is 36.2 Å². The van der Waals surface area contributed by atoms with Crippen LogP contribution in [0.4, 0.5) is 0 Å². The molecule has 3 aromatic rings. The molecule has 156 valence electrons. The molecule has 0 amide bonds. The van der Waals surface area contributed by atoms with Gasteiger partial charge < -0.3 is 14.5 Å². The third-order valence-electron chi connectivity index (χ3n) is 5.97. The summed E-state index contributed by atoms with van der Waals surface area (Å²) in [7, 11) is 0. The molecule has 0 saturated carbocycles. The number of aromatic nitrogens is 3. The van der Waals surface area contributed by atoms with E-state index in [1.807, 2.05) is 23.0 Å². The predicted molar refractivity (Wildman–Crippen MR) is 123 cm³/mol. The van der Waals surface area contributed by atoms with Crippen molar-refractivity contribution in [2.24, 2.45) is 5.92 Å². The van der Waals surface area contributed by atoms with Crippen molar-refractivity contribution >= 4 is 36.2 Å². The van der Waals surface area contributed by atoms with Gasteiger partial charge in [0.2, 0.25) is 0 Å². The molecule has 0 aromatic carbocycles. The van der Waals surface area contributed by atoms with Gasteiger partial charge >= 0.3 is 0 Å². The Bertz CT molecular complexity index is 1010. The number of hydrogen-bond donors (Lipinski definition) is 1. The zero-order chi connectivity index (χ0) is 18.4. The van der Waals surface area contributed by atoms with Gasteiger partial charge in [0.15, 0.2) is 0 Å². The average molecular weight is 453 g/mol. The molecule has 5 heterocycles. The molecule has 1 N–H and O–H groups in total. The van der Waals surface area contributed by atoms with Crippen molar-refractivity contribution < 1.29 is 0 Å². The van der Waals surface area contributed by atoms with E-state index >= 15 is 0 Å². The molecule has 0 spiro atoms. The van der Waals surface area contributed by atoms with Crippen LogP contribution in [0.2, 0.25) is 0 Å². The molecule has 5 rings (SSSR count). The fourth-order valence-corrected chi connectivity index (χ4v) is 5.48. The lowest BCUT2D eigenvalue weighted by Gasteiger charge is -2.37. The van der Waals surface area contributed by atoms with Crippen LogP contribution < -0.4 is 10.9 Å². The monoisotopic (exact) mass is 452 g/mol. The Balaban J connectivity index is 0.00000120. The van der Waals surface area contributed by atoms with E-state index in [1.54, 1.807) is 11.3 Å². The first-order valence-corrected chi connectivity index (χ1v) is 10.6. The fourth-order valence-electron chi connectivity index (χ4n) is 4.66. The van der Waals surface area contributed by atoms with E-state index < -0.39 is 0 Å². The molecule has 0 aliphatic carbocycles. The molecule has 29 heavy (non-hydrogen) atoms. The quantitative estimate of drug-likeness (QED) is 0.647. The van der Waals surface area contributed by atoms with Crippen LogP contribution in [0.1, 0.15) is 35.9 Å². The number of nitrogens with zero attached hydrogens (tertiary/aromatic N) is 3. The predicted octanol–water partition coefficient (Wildman–Crippen LogP) is 4.13. The lowest BCUT2D eigenvalue weighted by molar-refractivity contribution is 0.257. The maximum absolute atomic E-state index is 13.3. The van der Waals surface area contributed by atoms with Gasteiger partial charge in [-0.2, -0.15) is 0 Å². The van der Waals surface area contributed by atoms with Gasteiger partial charge in [-0.1, -0.05) is 6.07 Å². The van der Waals surface area contributed by atoms with Gasteiger partial charge in [-0.05, 0) is 49.4 Å². The summed E-state index contributed by atoms with van der Waals surface area (Å²) in [5.41, 5.74) is 2.01. The van der Waals surface area contributed by atoms with Gasteiger partial charge in [0, 0.05) is 54.4 Å². The summed E-state index contributed by atoms with van der Waals surface area (Å²) >= 11 is 1.78. The maximum atomic E-state index is 13.3. The number of hydrogen-bond acceptors (Lipinski definition) is 4. The Morgan fingerprint density at radius 2 is 2.14 bits per heavy atom. The summed E-state index contributed by atoms with van der Waals surface area (Å²) in [6.07, 6.45) is 5.94. The zero-order valence-electron chi connectivity index (χ0n) is 16.3. The van der Waals surface area contributed by atoms with Crippen molar-refractivity contribution in [3.8, 4) is 11.4 Å². The molecule has 1 fully saturated rings. The number of pyridine rings is 1. The molecule has 5 nitrogen and oxygen atoms in total. The summed E-state index contributed by atoms with van der Waals surface area (Å²) in [5.74, 6) is 1.80. The van der Waals surface area contributed by atoms with E-state index in [2.05, 4.69) is 45.4 Å². The number of imidazole rings is 1. The van der Waals surface area contributed by atoms with Crippen LogP contribution in [0.3, 0.4) is 0 Å². The van der Waals surface area contributed by atoms with E-state index in [0.29, 0.717) is 11.8 Å². The van der Waals surface area contributed by atoms with Gasteiger partial charge in [0.05, 0.1) is 5.56 Å². The van der Waals surface area contributed by atoms with Crippen molar-refractivity contribution in [1.29, 1.82) is 0 Å². The van der Waals surface area contributed by atoms with E-state index in [-0.39, 0.29) is 36.4 Å². The fraction of sp³-hybridized carbons (Fsp3) is 0.429. The standard InChI is InChI=1S/C21H24N4OS.2ClH/c1-14(9-17-3-2-8-27-17)24-7-6-23-20(24)18-4-5-19-16-10-15(11-22-12-16)13-25(19)21(18)26;;/h2-8,14-16,22H,9-13H2,1H3;2*1H/t14-,15+,16-;;/m1../s1. The second-order valence-corrected chi connectivity index (χ2v) is 8.87. The summed E-state index contributed by atoms with van der Waals surface area (Å²) in [6, 6.07) is 8.64. The Labute approximate surface area is 187 Å². The Kier molecular flexibility index (Phi) is 6.89. The van der Waals surface area contributed by atoms with Crippen molar-refractivity contribution in [3.63, 3.8) is 0 Å². The van der Waals surface area contributed by atoms with Crippen LogP contribution in [0.15, 0.2) is 46.8 Å². The molecule has 0 unspecified atom stereocenters. The van der Waals surface area contributed by atoms with E-state index in [1.165, 1.54) is 17.0 Å². The highest BCUT2D eigenvalue weighted by Gasteiger charge is 2.31. The van der Waals surface area contributed by atoms with Crippen LogP contribution in [0.5, 0.6) is 0 Å². The Hall–Kier alpha value is -1.60. The van der Waals surface area contributed by atoms with Crippen molar-refractivity contribution in [1.82, 2.24) is 19.4 Å². The second kappa shape index (κ2) is 9.04. The third-order valence-corrected chi connectivity index (χ3v) is 6.87. The minimum atomic E-state index is 0. The molecule has 3 aromatic heterocycles. The third kappa shape index (κ3) is 4.04. The van der Waals surface area contributed by atoms with Crippen LogP contribution in [-0.4, -0.2) is 27.2 Å². The number of rotatable bonds is 4. The largest absolute Gasteiger partial charge is 0.328 e. The normalized spacial score (nSPS) is 20.9. The molecule has 3 atom stereocenters. The van der Waals surface area contributed by atoms with Crippen LogP contribution in [0.25, 0.3) is 11.4 Å². The first-order chi connectivity index (χ1) is 13.2. The Morgan fingerprint density at radius 1 is 1.28 bits per heavy atom. The molecule has 1 saturated heterocycles. The molecular weight excluding hydrogens is 427 g/mol. The SMILES string of the molecule is C[C@H](Cc1cccs1)n1ccnc1-c1ccc2n(c1=O)C[C@@H]1CNC[C@H]2C1.Cl.Cl. The highest BCUT2D eigenvalue weighted by Crippen LogP contribution is 2.33. The summed E-state index contributed by atoms with van der Waals surface area (Å²) < 4.78 is 4.16. The van der Waals surface area contributed by atoms with Gasteiger partial charge in [0.25, 0.3) is 5.56 Å². The summed E-state index contributed by atoms with van der Waals surface area (Å²) in [4.78, 5) is 19.2. The van der Waals surface area contributed by atoms with E-state index in [0.717, 1.165) is 37.4 Å². The topological polar surface area (TPSA) is 51.9 Å². The Morgan fingerprint density at radius 3 is 2.93 bits per heavy atom. The minimum absolute atomic E-state index is 0. The number of piperidine rings is 1. The summed E-state index contributed by atoms with van der Waals surface area (Å²) in [5, 5.41) is 5.61.